The summed E-state index contributed by atoms with van der Waals surface area (Å²) >= 11 is 6.92. The quantitative estimate of drug-likeness (QED) is 0.387. The van der Waals surface area contributed by atoms with Gasteiger partial charge in [0, 0.05) is 16.1 Å². The number of phenolic OH excluding ortho intramolecular Hbond substituents is 1. The van der Waals surface area contributed by atoms with Crippen molar-refractivity contribution in [2.45, 2.75) is 0 Å². The molecule has 0 unspecified atom stereocenters. The lowest BCUT2D eigenvalue weighted by molar-refractivity contribution is -0.123. The number of nitrogens with zero attached hydrogens (tertiary/aromatic N) is 2. The SMILES string of the molecule is COc1cc(C=NNC(=O)COc2c(Br)cc(Br)c3cccnc23)ccc1O. The second-order valence-electron chi connectivity index (χ2n) is 5.58. The molecule has 1 amide bonds. The number of carbonyl (C=O) groups is 1. The molecular weight excluding hydrogens is 494 g/mol. The van der Waals surface area contributed by atoms with Crippen molar-refractivity contribution in [1.82, 2.24) is 10.4 Å². The van der Waals surface area contributed by atoms with Gasteiger partial charge in [-0.15, -0.1) is 0 Å². The van der Waals surface area contributed by atoms with E-state index in [4.69, 9.17) is 9.47 Å². The molecule has 0 spiro atoms. The molecule has 7 nitrogen and oxygen atoms in total. The smallest absolute Gasteiger partial charge is 0.277 e. The first kappa shape index (κ1) is 20.1. The van der Waals surface area contributed by atoms with Crippen molar-refractivity contribution in [2.24, 2.45) is 5.10 Å². The zero-order valence-corrected chi connectivity index (χ0v) is 17.8. The largest absolute Gasteiger partial charge is 0.504 e. The van der Waals surface area contributed by atoms with Crippen LogP contribution < -0.4 is 14.9 Å². The maximum absolute atomic E-state index is 12.0. The van der Waals surface area contributed by atoms with Crippen molar-refractivity contribution in [1.29, 1.82) is 0 Å². The van der Waals surface area contributed by atoms with Gasteiger partial charge >= 0.3 is 0 Å². The number of fused-ring (bicyclic) bond motifs is 1. The normalized spacial score (nSPS) is 11.0. The van der Waals surface area contributed by atoms with Crippen LogP contribution in [0.5, 0.6) is 17.2 Å². The second kappa shape index (κ2) is 9.03. The number of aromatic nitrogens is 1. The number of pyridine rings is 1. The van der Waals surface area contributed by atoms with Crippen LogP contribution >= 0.6 is 31.9 Å². The molecule has 0 aliphatic heterocycles. The highest BCUT2D eigenvalue weighted by molar-refractivity contribution is 9.11. The predicted molar refractivity (Wildman–Crippen MR) is 113 cm³/mol. The lowest BCUT2D eigenvalue weighted by Gasteiger charge is -2.11. The van der Waals surface area contributed by atoms with Crippen LogP contribution in [0.25, 0.3) is 10.9 Å². The number of carbonyl (C=O) groups excluding carboxylic acids is 1. The summed E-state index contributed by atoms with van der Waals surface area (Å²) < 4.78 is 12.2. The summed E-state index contributed by atoms with van der Waals surface area (Å²) in [6.45, 7) is -0.234. The molecule has 3 aromatic rings. The molecule has 0 bridgehead atoms. The molecule has 0 saturated heterocycles. The van der Waals surface area contributed by atoms with Crippen molar-refractivity contribution in [3.05, 3.63) is 57.1 Å². The first-order valence-electron chi connectivity index (χ1n) is 8.04. The molecule has 2 aromatic carbocycles. The van der Waals surface area contributed by atoms with E-state index >= 15 is 0 Å². The zero-order chi connectivity index (χ0) is 20.1. The molecule has 2 N–H and O–H groups in total. The number of hydrogen-bond acceptors (Lipinski definition) is 6. The summed E-state index contributed by atoms with van der Waals surface area (Å²) in [4.78, 5) is 16.4. The van der Waals surface area contributed by atoms with E-state index in [9.17, 15) is 9.90 Å². The first-order valence-corrected chi connectivity index (χ1v) is 9.62. The van der Waals surface area contributed by atoms with E-state index in [1.54, 1.807) is 18.3 Å². The van der Waals surface area contributed by atoms with Crippen LogP contribution in [0.2, 0.25) is 0 Å². The van der Waals surface area contributed by atoms with Gasteiger partial charge in [0.25, 0.3) is 5.91 Å². The zero-order valence-electron chi connectivity index (χ0n) is 14.6. The molecule has 0 radical (unpaired) electrons. The van der Waals surface area contributed by atoms with Gasteiger partial charge < -0.3 is 14.6 Å². The molecule has 1 aromatic heterocycles. The maximum Gasteiger partial charge on any atom is 0.277 e. The van der Waals surface area contributed by atoms with E-state index in [2.05, 4.69) is 47.4 Å². The number of ether oxygens (including phenoxy) is 2. The Morgan fingerprint density at radius 1 is 1.29 bits per heavy atom. The molecule has 3 rings (SSSR count). The summed E-state index contributed by atoms with van der Waals surface area (Å²) in [5.74, 6) is 0.387. The van der Waals surface area contributed by atoms with E-state index in [1.165, 1.54) is 19.4 Å². The van der Waals surface area contributed by atoms with Gasteiger partial charge in [-0.3, -0.25) is 9.78 Å². The average Bonchev–Trinajstić information content (AvgIpc) is 2.69. The van der Waals surface area contributed by atoms with Crippen molar-refractivity contribution in [3.63, 3.8) is 0 Å². The van der Waals surface area contributed by atoms with E-state index in [1.807, 2.05) is 18.2 Å². The summed E-state index contributed by atoms with van der Waals surface area (Å²) in [5, 5.41) is 14.3. The predicted octanol–water partition coefficient (Wildman–Crippen LogP) is 4.00. The fraction of sp³-hybridized carbons (Fsp3) is 0.105. The number of amides is 1. The minimum absolute atomic E-state index is 0.0259. The highest BCUT2D eigenvalue weighted by Gasteiger charge is 2.13. The van der Waals surface area contributed by atoms with Crippen LogP contribution in [0.3, 0.4) is 0 Å². The molecule has 28 heavy (non-hydrogen) atoms. The number of hydrazone groups is 1. The number of halogens is 2. The number of rotatable bonds is 6. The number of phenols is 1. The highest BCUT2D eigenvalue weighted by atomic mass is 79.9. The Balaban J connectivity index is 1.64. The number of nitrogens with one attached hydrogen (secondary N) is 1. The third-order valence-corrected chi connectivity index (χ3v) is 4.95. The Labute approximate surface area is 177 Å². The van der Waals surface area contributed by atoms with Crippen LogP contribution in [0.4, 0.5) is 0 Å². The van der Waals surface area contributed by atoms with E-state index in [0.717, 1.165) is 9.86 Å². The minimum atomic E-state index is -0.430. The summed E-state index contributed by atoms with van der Waals surface area (Å²) in [7, 11) is 1.45. The molecule has 0 fully saturated rings. The average molecular weight is 509 g/mol. The molecule has 144 valence electrons. The van der Waals surface area contributed by atoms with Gasteiger partial charge in [-0.05, 0) is 51.8 Å². The van der Waals surface area contributed by atoms with E-state index < -0.39 is 5.91 Å². The molecule has 0 aliphatic carbocycles. The van der Waals surface area contributed by atoms with Gasteiger partial charge in [0.2, 0.25) is 0 Å². The Morgan fingerprint density at radius 3 is 2.89 bits per heavy atom. The first-order chi connectivity index (χ1) is 13.5. The van der Waals surface area contributed by atoms with E-state index in [0.29, 0.717) is 27.1 Å². The Hall–Kier alpha value is -2.65. The van der Waals surface area contributed by atoms with Gasteiger partial charge in [-0.2, -0.15) is 5.10 Å². The van der Waals surface area contributed by atoms with Crippen molar-refractivity contribution < 1.29 is 19.4 Å². The topological polar surface area (TPSA) is 93.0 Å². The molecule has 9 heteroatoms. The van der Waals surface area contributed by atoms with Crippen molar-refractivity contribution >= 4 is 54.9 Å². The lowest BCUT2D eigenvalue weighted by atomic mass is 10.2. The third-order valence-electron chi connectivity index (χ3n) is 3.70. The molecule has 0 atom stereocenters. The van der Waals surface area contributed by atoms with Gasteiger partial charge in [-0.25, -0.2) is 5.43 Å². The number of benzene rings is 2. The Bertz CT molecular complexity index is 1060. The number of methoxy groups -OCH3 is 1. The maximum atomic E-state index is 12.0. The van der Waals surface area contributed by atoms with Crippen LogP contribution in [0.15, 0.2) is 56.6 Å². The van der Waals surface area contributed by atoms with Gasteiger partial charge in [-0.1, -0.05) is 22.0 Å². The second-order valence-corrected chi connectivity index (χ2v) is 7.29. The summed E-state index contributed by atoms with van der Waals surface area (Å²) in [5.41, 5.74) is 3.68. The molecule has 0 saturated carbocycles. The molecule has 0 aliphatic rings. The van der Waals surface area contributed by atoms with E-state index in [-0.39, 0.29) is 12.4 Å². The van der Waals surface area contributed by atoms with Gasteiger partial charge in [0.1, 0.15) is 5.52 Å². The van der Waals surface area contributed by atoms with Gasteiger partial charge in [0.15, 0.2) is 23.9 Å². The van der Waals surface area contributed by atoms with Crippen LogP contribution in [-0.4, -0.2) is 35.9 Å². The van der Waals surface area contributed by atoms with Crippen LogP contribution in [0.1, 0.15) is 5.56 Å². The molecule has 1 heterocycles. The van der Waals surface area contributed by atoms with Crippen LogP contribution in [0, 0.1) is 0 Å². The lowest BCUT2D eigenvalue weighted by Crippen LogP contribution is -2.24. The Morgan fingerprint density at radius 2 is 2.11 bits per heavy atom. The summed E-state index contributed by atoms with van der Waals surface area (Å²) in [6, 6.07) is 10.3. The summed E-state index contributed by atoms with van der Waals surface area (Å²) in [6.07, 6.45) is 3.09. The van der Waals surface area contributed by atoms with Crippen molar-refractivity contribution in [2.75, 3.05) is 13.7 Å². The van der Waals surface area contributed by atoms with Crippen LogP contribution in [-0.2, 0) is 4.79 Å². The standard InChI is InChI=1S/C19H15Br2N3O4/c1-27-16-7-11(4-5-15(16)25)9-23-24-17(26)10-28-19-14(21)8-13(20)12-3-2-6-22-18(12)19/h2-9,25H,10H2,1H3,(H,24,26). The third kappa shape index (κ3) is 4.60. The van der Waals surface area contributed by atoms with Gasteiger partial charge in [0.05, 0.1) is 17.8 Å². The minimum Gasteiger partial charge on any atom is -0.504 e. The fourth-order valence-corrected chi connectivity index (χ4v) is 3.79. The molecular formula is C19H15Br2N3O4. The number of hydrogen-bond donors (Lipinski definition) is 2. The highest BCUT2D eigenvalue weighted by Crippen LogP contribution is 2.37. The Kier molecular flexibility index (Phi) is 6.48. The van der Waals surface area contributed by atoms with Crippen molar-refractivity contribution in [3.8, 4) is 17.2 Å². The monoisotopic (exact) mass is 507 g/mol. The number of aromatic hydroxyl groups is 1. The fourth-order valence-electron chi connectivity index (χ4n) is 2.41.